The van der Waals surface area contributed by atoms with E-state index >= 15 is 0 Å². The zero-order valence-electron chi connectivity index (χ0n) is 4.86. The van der Waals surface area contributed by atoms with E-state index in [2.05, 4.69) is 17.6 Å². The molecule has 0 heterocycles. The van der Waals surface area contributed by atoms with Crippen molar-refractivity contribution in [2.45, 2.75) is 6.92 Å². The van der Waals surface area contributed by atoms with Gasteiger partial charge in [-0.05, 0) is 6.92 Å². The highest BCUT2D eigenvalue weighted by molar-refractivity contribution is 4.73. The van der Waals surface area contributed by atoms with Gasteiger partial charge in [-0.25, -0.2) is 0 Å². The molecule has 0 rings (SSSR count). The van der Waals surface area contributed by atoms with Gasteiger partial charge >= 0.3 is 0 Å². The van der Waals surface area contributed by atoms with Crippen LogP contribution in [0.1, 0.15) is 6.92 Å². The molecule has 2 nitrogen and oxygen atoms in total. The summed E-state index contributed by atoms with van der Waals surface area (Å²) in [7, 11) is 1.87. The molecule has 0 amide bonds. The van der Waals surface area contributed by atoms with Crippen LogP contribution < -0.4 is 10.6 Å². The Hall–Kier alpha value is -0.660. The summed E-state index contributed by atoms with van der Waals surface area (Å²) in [4.78, 5) is 0. The summed E-state index contributed by atoms with van der Waals surface area (Å²) in [5.41, 5.74) is 0. The van der Waals surface area contributed by atoms with Crippen LogP contribution in [0.15, 0.2) is 12.4 Å². The van der Waals surface area contributed by atoms with Gasteiger partial charge in [0.15, 0.2) is 0 Å². The first-order valence-corrected chi connectivity index (χ1v) is 2.47. The lowest BCUT2D eigenvalue weighted by atomic mass is 10.7. The maximum Gasteiger partial charge on any atom is 0.0124 e. The van der Waals surface area contributed by atoms with Crippen LogP contribution >= 0.6 is 0 Å². The molecule has 0 aliphatic carbocycles. The van der Waals surface area contributed by atoms with Gasteiger partial charge in [0.05, 0.1) is 0 Å². The molecule has 0 aromatic rings. The van der Waals surface area contributed by atoms with Crippen LogP contribution in [0.3, 0.4) is 0 Å². The van der Waals surface area contributed by atoms with Gasteiger partial charge < -0.3 is 10.6 Å². The summed E-state index contributed by atoms with van der Waals surface area (Å²) in [5.74, 6) is 0. The predicted molar refractivity (Wildman–Crippen MR) is 31.9 cm³/mol. The summed E-state index contributed by atoms with van der Waals surface area (Å²) >= 11 is 0. The van der Waals surface area contributed by atoms with E-state index in [-0.39, 0.29) is 0 Å². The molecule has 0 aliphatic rings. The Balaban J connectivity index is 2.78. The van der Waals surface area contributed by atoms with Crippen molar-refractivity contribution in [3.63, 3.8) is 0 Å². The lowest BCUT2D eigenvalue weighted by Crippen LogP contribution is -2.04. The number of nitrogens with one attached hydrogen (secondary N) is 2. The highest BCUT2D eigenvalue weighted by Gasteiger charge is 1.61. The van der Waals surface area contributed by atoms with E-state index in [0.717, 1.165) is 6.54 Å². The number of hydrogen-bond donors (Lipinski definition) is 2. The summed E-state index contributed by atoms with van der Waals surface area (Å²) in [5, 5.41) is 5.87. The van der Waals surface area contributed by atoms with Gasteiger partial charge in [0.25, 0.3) is 0 Å². The van der Waals surface area contributed by atoms with E-state index in [4.69, 9.17) is 0 Å². The van der Waals surface area contributed by atoms with Crippen LogP contribution in [0.2, 0.25) is 0 Å². The van der Waals surface area contributed by atoms with Crippen molar-refractivity contribution in [1.29, 1.82) is 0 Å². The highest BCUT2D eigenvalue weighted by Crippen LogP contribution is 1.55. The van der Waals surface area contributed by atoms with Gasteiger partial charge in [0.2, 0.25) is 0 Å². The topological polar surface area (TPSA) is 24.1 Å². The summed E-state index contributed by atoms with van der Waals surface area (Å²) in [6.07, 6.45) is 3.73. The van der Waals surface area contributed by atoms with Crippen LogP contribution in [0, 0.1) is 0 Å². The number of rotatable bonds is 3. The van der Waals surface area contributed by atoms with Crippen molar-refractivity contribution < 1.29 is 0 Å². The Morgan fingerprint density at radius 3 is 2.57 bits per heavy atom. The summed E-state index contributed by atoms with van der Waals surface area (Å²) in [6.45, 7) is 3.04. The Bertz CT molecular complexity index is 50.0. The molecule has 0 aromatic carbocycles. The molecule has 0 spiro atoms. The molecule has 0 aromatic heterocycles. The van der Waals surface area contributed by atoms with Gasteiger partial charge in [0.1, 0.15) is 0 Å². The second-order valence-electron chi connectivity index (χ2n) is 1.18. The molecular formula is C5H12N2. The molecule has 0 atom stereocenters. The molecular weight excluding hydrogens is 88.1 g/mol. The van der Waals surface area contributed by atoms with Crippen LogP contribution in [0.5, 0.6) is 0 Å². The fourth-order valence-corrected chi connectivity index (χ4v) is 0.260. The minimum atomic E-state index is 0.984. The molecule has 0 unspecified atom stereocenters. The molecule has 7 heavy (non-hydrogen) atoms. The van der Waals surface area contributed by atoms with Gasteiger partial charge in [-0.1, -0.05) is 0 Å². The van der Waals surface area contributed by atoms with Crippen LogP contribution in [-0.4, -0.2) is 13.6 Å². The van der Waals surface area contributed by atoms with Crippen molar-refractivity contribution in [3.05, 3.63) is 12.4 Å². The van der Waals surface area contributed by atoms with Crippen molar-refractivity contribution in [1.82, 2.24) is 10.6 Å². The standard InChI is InChI=1S/C5H12N2/c1-3-7-5-4-6-2/h4-7H,3H2,1-2H3. The fraction of sp³-hybridized carbons (Fsp3) is 0.600. The largest absolute Gasteiger partial charge is 0.393 e. The smallest absolute Gasteiger partial charge is 0.0124 e. The van der Waals surface area contributed by atoms with E-state index in [1.165, 1.54) is 0 Å². The molecule has 0 fully saturated rings. The molecule has 42 valence electrons. The monoisotopic (exact) mass is 100 g/mol. The van der Waals surface area contributed by atoms with E-state index in [1.54, 1.807) is 0 Å². The summed E-state index contributed by atoms with van der Waals surface area (Å²) in [6, 6.07) is 0. The van der Waals surface area contributed by atoms with Crippen LogP contribution in [-0.2, 0) is 0 Å². The maximum atomic E-state index is 3.01. The Morgan fingerprint density at radius 1 is 1.43 bits per heavy atom. The lowest BCUT2D eigenvalue weighted by Gasteiger charge is -1.89. The fourth-order valence-electron chi connectivity index (χ4n) is 0.260. The second kappa shape index (κ2) is 5.34. The Kier molecular flexibility index (Phi) is 4.84. The third-order valence-electron chi connectivity index (χ3n) is 0.572. The van der Waals surface area contributed by atoms with Crippen molar-refractivity contribution in [2.75, 3.05) is 13.6 Å². The zero-order valence-corrected chi connectivity index (χ0v) is 4.86. The average Bonchev–Trinajstić information content (AvgIpc) is 1.69. The third kappa shape index (κ3) is 5.34. The van der Waals surface area contributed by atoms with E-state index in [9.17, 15) is 0 Å². The maximum absolute atomic E-state index is 3.01. The number of hydrogen-bond acceptors (Lipinski definition) is 2. The van der Waals surface area contributed by atoms with Crippen molar-refractivity contribution in [2.24, 2.45) is 0 Å². The molecule has 0 saturated heterocycles. The second-order valence-corrected chi connectivity index (χ2v) is 1.18. The highest BCUT2D eigenvalue weighted by atomic mass is 14.9. The normalized spacial score (nSPS) is 9.43. The van der Waals surface area contributed by atoms with Gasteiger partial charge in [0, 0.05) is 26.0 Å². The first kappa shape index (κ1) is 6.34. The van der Waals surface area contributed by atoms with Crippen LogP contribution in [0.4, 0.5) is 0 Å². The van der Waals surface area contributed by atoms with E-state index in [0.29, 0.717) is 0 Å². The minimum absolute atomic E-state index is 0.984. The molecule has 0 bridgehead atoms. The Labute approximate surface area is 44.6 Å². The predicted octanol–water partition coefficient (Wildman–Crippen LogP) is 0.286. The summed E-state index contributed by atoms with van der Waals surface area (Å²) < 4.78 is 0. The quantitative estimate of drug-likeness (QED) is 0.532. The first-order valence-electron chi connectivity index (χ1n) is 2.47. The molecule has 0 saturated carbocycles. The third-order valence-corrected chi connectivity index (χ3v) is 0.572. The van der Waals surface area contributed by atoms with E-state index < -0.39 is 0 Å². The molecule has 2 heteroatoms. The molecule has 0 radical (unpaired) electrons. The van der Waals surface area contributed by atoms with Gasteiger partial charge in [-0.2, -0.15) is 0 Å². The molecule has 2 N–H and O–H groups in total. The minimum Gasteiger partial charge on any atom is -0.393 e. The van der Waals surface area contributed by atoms with Crippen molar-refractivity contribution in [3.8, 4) is 0 Å². The SMILES string of the molecule is CCNC=CNC. The lowest BCUT2D eigenvalue weighted by molar-refractivity contribution is 0.904. The zero-order chi connectivity index (χ0) is 5.54. The first-order chi connectivity index (χ1) is 3.41. The molecule has 0 aliphatic heterocycles. The van der Waals surface area contributed by atoms with Crippen molar-refractivity contribution >= 4 is 0 Å². The average molecular weight is 100 g/mol. The Morgan fingerprint density at radius 2 is 2.14 bits per heavy atom. The van der Waals surface area contributed by atoms with E-state index in [1.807, 2.05) is 19.4 Å². The van der Waals surface area contributed by atoms with Crippen LogP contribution in [0.25, 0.3) is 0 Å². The van der Waals surface area contributed by atoms with Gasteiger partial charge in [-0.3, -0.25) is 0 Å². The van der Waals surface area contributed by atoms with Gasteiger partial charge in [-0.15, -0.1) is 0 Å².